The predicted molar refractivity (Wildman–Crippen MR) is 70.1 cm³/mol. The van der Waals surface area contributed by atoms with E-state index in [9.17, 15) is 19.3 Å². The van der Waals surface area contributed by atoms with Gasteiger partial charge in [-0.25, -0.2) is 4.39 Å². The first-order valence-electron chi connectivity index (χ1n) is 5.60. The molecule has 7 nitrogen and oxygen atoms in total. The number of halogens is 2. The van der Waals surface area contributed by atoms with Crippen LogP contribution < -0.4 is 5.32 Å². The molecule has 0 aromatic heterocycles. The molecule has 0 spiro atoms. The number of hydrogen-bond acceptors (Lipinski definition) is 5. The van der Waals surface area contributed by atoms with Crippen LogP contribution in [0.4, 0.5) is 15.8 Å². The summed E-state index contributed by atoms with van der Waals surface area (Å²) in [6.45, 7) is 0.103. The lowest BCUT2D eigenvalue weighted by atomic mass is 10.0. The minimum Gasteiger partial charge on any atom is -0.481 e. The number of aliphatic carboxylic acids is 1. The maximum absolute atomic E-state index is 13.5. The zero-order valence-corrected chi connectivity index (χ0v) is 11.6. The van der Waals surface area contributed by atoms with Crippen molar-refractivity contribution in [2.75, 3.05) is 18.5 Å². The van der Waals surface area contributed by atoms with Gasteiger partial charge in [0.15, 0.2) is 0 Å². The highest BCUT2D eigenvalue weighted by Crippen LogP contribution is 2.32. The summed E-state index contributed by atoms with van der Waals surface area (Å²) in [5.41, 5.74) is -0.410. The van der Waals surface area contributed by atoms with E-state index in [1.165, 1.54) is 0 Å². The van der Waals surface area contributed by atoms with Crippen LogP contribution in [0.5, 0.6) is 0 Å². The summed E-state index contributed by atoms with van der Waals surface area (Å²) in [7, 11) is 0. The first kappa shape index (κ1) is 14.7. The van der Waals surface area contributed by atoms with Crippen molar-refractivity contribution in [1.82, 2.24) is 0 Å². The second kappa shape index (κ2) is 5.71. The topological polar surface area (TPSA) is 102 Å². The molecule has 0 saturated carbocycles. The molecule has 1 aromatic carbocycles. The Morgan fingerprint density at radius 1 is 1.55 bits per heavy atom. The zero-order chi connectivity index (χ0) is 14.9. The number of anilines is 1. The van der Waals surface area contributed by atoms with E-state index in [-0.39, 0.29) is 29.1 Å². The number of nitro groups is 1. The lowest BCUT2D eigenvalue weighted by molar-refractivity contribution is -0.384. The average molecular weight is 349 g/mol. The molecular weight excluding hydrogens is 339 g/mol. The fourth-order valence-corrected chi connectivity index (χ4v) is 2.27. The smallest absolute Gasteiger partial charge is 0.311 e. The first-order valence-corrected chi connectivity index (χ1v) is 6.40. The lowest BCUT2D eigenvalue weighted by Gasteiger charge is -2.17. The fraction of sp³-hybridized carbons (Fsp3) is 0.364. The van der Waals surface area contributed by atoms with E-state index in [0.717, 1.165) is 12.1 Å². The van der Waals surface area contributed by atoms with Gasteiger partial charge in [-0.15, -0.1) is 0 Å². The molecule has 1 aromatic rings. The normalized spacial score (nSPS) is 21.7. The maximum Gasteiger partial charge on any atom is 0.311 e. The molecule has 1 fully saturated rings. The van der Waals surface area contributed by atoms with Crippen LogP contribution in [-0.4, -0.2) is 35.3 Å². The molecule has 2 atom stereocenters. The third-order valence-electron chi connectivity index (χ3n) is 2.97. The van der Waals surface area contributed by atoms with Gasteiger partial charge in [0.1, 0.15) is 17.4 Å². The largest absolute Gasteiger partial charge is 0.481 e. The Balaban J connectivity index is 2.31. The SMILES string of the molecule is O=C(O)C1COCC1Nc1cc(F)c(Br)cc1[N+](=O)[O-]. The van der Waals surface area contributed by atoms with Gasteiger partial charge in [-0.05, 0) is 15.9 Å². The number of hydrogen-bond donors (Lipinski definition) is 2. The molecule has 0 amide bonds. The minimum absolute atomic E-state index is 0.0137. The molecule has 108 valence electrons. The van der Waals surface area contributed by atoms with Gasteiger partial charge >= 0.3 is 5.97 Å². The second-order valence-electron chi connectivity index (χ2n) is 4.27. The van der Waals surface area contributed by atoms with Gasteiger partial charge in [0.2, 0.25) is 0 Å². The Morgan fingerprint density at radius 2 is 2.25 bits per heavy atom. The van der Waals surface area contributed by atoms with Crippen molar-refractivity contribution in [3.8, 4) is 0 Å². The number of carbonyl (C=O) groups is 1. The Bertz CT molecular complexity index is 568. The number of rotatable bonds is 4. The van der Waals surface area contributed by atoms with Crippen molar-refractivity contribution in [3.63, 3.8) is 0 Å². The van der Waals surface area contributed by atoms with Crippen molar-refractivity contribution in [2.45, 2.75) is 6.04 Å². The van der Waals surface area contributed by atoms with Gasteiger partial charge in [-0.2, -0.15) is 0 Å². The Labute approximate surface area is 121 Å². The first-order chi connectivity index (χ1) is 9.40. The van der Waals surface area contributed by atoms with E-state index in [4.69, 9.17) is 9.84 Å². The van der Waals surface area contributed by atoms with Gasteiger partial charge < -0.3 is 15.2 Å². The Morgan fingerprint density at radius 3 is 2.85 bits per heavy atom. The number of carboxylic acid groups (broad SMARTS) is 1. The van der Waals surface area contributed by atoms with Crippen LogP contribution in [0.15, 0.2) is 16.6 Å². The third-order valence-corrected chi connectivity index (χ3v) is 3.58. The summed E-state index contributed by atoms with van der Waals surface area (Å²) in [5.74, 6) is -2.58. The van der Waals surface area contributed by atoms with Gasteiger partial charge in [-0.1, -0.05) is 0 Å². The molecule has 1 saturated heterocycles. The van der Waals surface area contributed by atoms with E-state index < -0.39 is 28.7 Å². The highest BCUT2D eigenvalue weighted by molar-refractivity contribution is 9.10. The number of nitro benzene ring substituents is 1. The summed E-state index contributed by atoms with van der Waals surface area (Å²) in [6.07, 6.45) is 0. The van der Waals surface area contributed by atoms with E-state index in [0.29, 0.717) is 0 Å². The molecule has 0 aliphatic carbocycles. The molecule has 1 aliphatic rings. The van der Waals surface area contributed by atoms with Gasteiger partial charge in [-0.3, -0.25) is 14.9 Å². The van der Waals surface area contributed by atoms with Crippen molar-refractivity contribution in [2.24, 2.45) is 5.92 Å². The zero-order valence-electron chi connectivity index (χ0n) is 10.0. The lowest BCUT2D eigenvalue weighted by Crippen LogP contribution is -2.33. The minimum atomic E-state index is -1.07. The Hall–Kier alpha value is -1.74. The van der Waals surface area contributed by atoms with Crippen molar-refractivity contribution < 1.29 is 24.0 Å². The van der Waals surface area contributed by atoms with Crippen molar-refractivity contribution in [3.05, 3.63) is 32.5 Å². The van der Waals surface area contributed by atoms with Crippen LogP contribution in [0.3, 0.4) is 0 Å². The summed E-state index contributed by atoms with van der Waals surface area (Å²) in [6, 6.07) is 1.34. The highest BCUT2D eigenvalue weighted by atomic mass is 79.9. The van der Waals surface area contributed by atoms with Gasteiger partial charge in [0, 0.05) is 12.1 Å². The number of ether oxygens (including phenoxy) is 1. The highest BCUT2D eigenvalue weighted by Gasteiger charge is 2.35. The third kappa shape index (κ3) is 2.88. The van der Waals surface area contributed by atoms with Crippen LogP contribution in [0.2, 0.25) is 0 Å². The van der Waals surface area contributed by atoms with Gasteiger partial charge in [0.25, 0.3) is 5.69 Å². The Kier molecular flexibility index (Phi) is 4.19. The van der Waals surface area contributed by atoms with Crippen LogP contribution in [0.25, 0.3) is 0 Å². The van der Waals surface area contributed by atoms with Crippen LogP contribution in [0.1, 0.15) is 0 Å². The molecule has 20 heavy (non-hydrogen) atoms. The monoisotopic (exact) mass is 348 g/mol. The van der Waals surface area contributed by atoms with Crippen LogP contribution in [0, 0.1) is 21.8 Å². The van der Waals surface area contributed by atoms with Crippen LogP contribution in [-0.2, 0) is 9.53 Å². The molecular formula is C11H10BrFN2O5. The summed E-state index contributed by atoms with van der Waals surface area (Å²) in [4.78, 5) is 21.3. The molecule has 1 heterocycles. The molecule has 2 N–H and O–H groups in total. The number of nitrogens with one attached hydrogen (secondary N) is 1. The second-order valence-corrected chi connectivity index (χ2v) is 5.13. The van der Waals surface area contributed by atoms with E-state index in [1.807, 2.05) is 0 Å². The summed E-state index contributed by atoms with van der Waals surface area (Å²) >= 11 is 2.87. The molecule has 2 rings (SSSR count). The summed E-state index contributed by atoms with van der Waals surface area (Å²) in [5, 5.41) is 22.6. The quantitative estimate of drug-likeness (QED) is 0.637. The van der Waals surface area contributed by atoms with Crippen LogP contribution >= 0.6 is 15.9 Å². The van der Waals surface area contributed by atoms with E-state index in [2.05, 4.69) is 21.2 Å². The molecule has 1 aliphatic heterocycles. The summed E-state index contributed by atoms with van der Waals surface area (Å²) < 4.78 is 18.5. The maximum atomic E-state index is 13.5. The van der Waals surface area contributed by atoms with E-state index in [1.54, 1.807) is 0 Å². The standard InChI is InChI=1S/C11H10BrFN2O5/c12-6-1-10(15(18)19)8(2-7(6)13)14-9-4-20-3-5(9)11(16)17/h1-2,5,9,14H,3-4H2,(H,16,17). The molecule has 2 unspecified atom stereocenters. The number of benzene rings is 1. The van der Waals surface area contributed by atoms with Crippen molar-refractivity contribution >= 4 is 33.3 Å². The molecule has 0 bridgehead atoms. The van der Waals surface area contributed by atoms with E-state index >= 15 is 0 Å². The predicted octanol–water partition coefficient (Wildman–Crippen LogP) is 2.01. The van der Waals surface area contributed by atoms with Gasteiger partial charge in [0.05, 0.1) is 28.7 Å². The number of nitrogens with zero attached hydrogens (tertiary/aromatic N) is 1. The average Bonchev–Trinajstić information content (AvgIpc) is 2.81. The van der Waals surface area contributed by atoms with Crippen molar-refractivity contribution in [1.29, 1.82) is 0 Å². The molecule has 9 heteroatoms. The molecule has 0 radical (unpaired) electrons. The fourth-order valence-electron chi connectivity index (χ4n) is 1.94. The number of carboxylic acids is 1.